The maximum absolute atomic E-state index is 13.5. The Labute approximate surface area is 193 Å². The summed E-state index contributed by atoms with van der Waals surface area (Å²) in [5.41, 5.74) is 5.12. The van der Waals surface area contributed by atoms with Crippen molar-refractivity contribution in [3.05, 3.63) is 98.7 Å². The van der Waals surface area contributed by atoms with Crippen molar-refractivity contribution in [1.82, 2.24) is 0 Å². The van der Waals surface area contributed by atoms with E-state index >= 15 is 0 Å². The van der Waals surface area contributed by atoms with Crippen molar-refractivity contribution < 1.29 is 13.9 Å². The number of fused-ring (bicyclic) bond motifs is 1. The third-order valence-corrected chi connectivity index (χ3v) is 5.78. The molecule has 0 aliphatic carbocycles. The molecule has 1 heterocycles. The third kappa shape index (κ3) is 4.47. The fraction of sp³-hybridized carbons (Fsp3) is 0.241. The third-order valence-electron chi connectivity index (χ3n) is 5.78. The van der Waals surface area contributed by atoms with Gasteiger partial charge in [0.15, 0.2) is 5.76 Å². The fourth-order valence-electron chi connectivity index (χ4n) is 3.88. The minimum absolute atomic E-state index is 0.0316. The zero-order valence-corrected chi connectivity index (χ0v) is 19.9. The topological polar surface area (TPSA) is 56.5 Å². The molecule has 4 nitrogen and oxygen atoms in total. The van der Waals surface area contributed by atoms with Crippen LogP contribution in [0.2, 0.25) is 0 Å². The van der Waals surface area contributed by atoms with Crippen LogP contribution in [-0.4, -0.2) is 5.97 Å². The Kier molecular flexibility index (Phi) is 5.71. The largest absolute Gasteiger partial charge is 0.452 e. The van der Waals surface area contributed by atoms with Crippen molar-refractivity contribution in [3.63, 3.8) is 0 Å². The van der Waals surface area contributed by atoms with Crippen LogP contribution < -0.4 is 10.2 Å². The summed E-state index contributed by atoms with van der Waals surface area (Å²) >= 11 is 0. The molecule has 0 amide bonds. The molecule has 0 saturated heterocycles. The summed E-state index contributed by atoms with van der Waals surface area (Å²) in [6.07, 6.45) is 0. The van der Waals surface area contributed by atoms with E-state index in [1.54, 1.807) is 18.2 Å². The highest BCUT2D eigenvalue weighted by Crippen LogP contribution is 2.33. The van der Waals surface area contributed by atoms with E-state index in [1.165, 1.54) is 0 Å². The molecule has 1 aromatic heterocycles. The van der Waals surface area contributed by atoms with E-state index in [2.05, 4.69) is 20.8 Å². The van der Waals surface area contributed by atoms with Gasteiger partial charge in [-0.1, -0.05) is 68.8 Å². The molecule has 0 atom stereocenters. The van der Waals surface area contributed by atoms with Crippen LogP contribution >= 0.6 is 0 Å². The van der Waals surface area contributed by atoms with Gasteiger partial charge in [-0.15, -0.1) is 0 Å². The van der Waals surface area contributed by atoms with Crippen molar-refractivity contribution in [2.24, 2.45) is 0 Å². The van der Waals surface area contributed by atoms with Gasteiger partial charge in [0, 0.05) is 5.56 Å². The second-order valence-corrected chi connectivity index (χ2v) is 9.63. The molecule has 0 saturated carbocycles. The molecule has 0 aliphatic heterocycles. The quantitative estimate of drug-likeness (QED) is 0.325. The standard InChI is InChI=1S/C29H28O4/c1-17-7-9-20(10-8-17)26-27(24(30)23-16-18(2)15-19(3)25(23)32-26)33-28(31)21-11-13-22(14-12-21)29(4,5)6/h7-16H,1-6H3. The lowest BCUT2D eigenvalue weighted by Gasteiger charge is -2.19. The van der Waals surface area contributed by atoms with Crippen molar-refractivity contribution in [3.8, 4) is 17.1 Å². The van der Waals surface area contributed by atoms with Gasteiger partial charge < -0.3 is 9.15 Å². The molecule has 0 aliphatic rings. The van der Waals surface area contributed by atoms with E-state index in [4.69, 9.17) is 9.15 Å². The number of aryl methyl sites for hydroxylation is 3. The Morgan fingerprint density at radius 3 is 2.09 bits per heavy atom. The van der Waals surface area contributed by atoms with Crippen LogP contribution in [0.3, 0.4) is 0 Å². The van der Waals surface area contributed by atoms with Crippen LogP contribution in [0.1, 0.15) is 53.4 Å². The number of benzene rings is 3. The summed E-state index contributed by atoms with van der Waals surface area (Å²) in [6.45, 7) is 12.1. The molecule has 4 rings (SSSR count). The van der Waals surface area contributed by atoms with E-state index in [-0.39, 0.29) is 22.4 Å². The van der Waals surface area contributed by atoms with Gasteiger partial charge in [-0.05, 0) is 61.1 Å². The van der Waals surface area contributed by atoms with Gasteiger partial charge in [0.1, 0.15) is 5.58 Å². The molecule has 0 fully saturated rings. The number of hydrogen-bond acceptors (Lipinski definition) is 4. The van der Waals surface area contributed by atoms with Crippen molar-refractivity contribution >= 4 is 16.9 Å². The second-order valence-electron chi connectivity index (χ2n) is 9.63. The number of carbonyl (C=O) groups excluding carboxylic acids is 1. The van der Waals surface area contributed by atoms with Crippen molar-refractivity contribution in [2.45, 2.75) is 47.0 Å². The minimum Gasteiger partial charge on any atom is -0.452 e. The number of ether oxygens (including phenoxy) is 1. The number of hydrogen-bond donors (Lipinski definition) is 0. The maximum atomic E-state index is 13.5. The molecule has 168 valence electrons. The van der Waals surface area contributed by atoms with Gasteiger partial charge in [0.05, 0.1) is 10.9 Å². The minimum atomic E-state index is -0.597. The summed E-state index contributed by atoms with van der Waals surface area (Å²) in [5, 5.41) is 0.397. The van der Waals surface area contributed by atoms with Crippen molar-refractivity contribution in [2.75, 3.05) is 0 Å². The first-order valence-corrected chi connectivity index (χ1v) is 11.0. The Morgan fingerprint density at radius 2 is 1.48 bits per heavy atom. The van der Waals surface area contributed by atoms with Gasteiger partial charge in [0.25, 0.3) is 0 Å². The van der Waals surface area contributed by atoms with Crippen LogP contribution in [0.4, 0.5) is 0 Å². The zero-order chi connectivity index (χ0) is 23.9. The molecule has 3 aromatic carbocycles. The van der Waals surface area contributed by atoms with Crippen LogP contribution in [-0.2, 0) is 5.41 Å². The van der Waals surface area contributed by atoms with Gasteiger partial charge in [-0.2, -0.15) is 0 Å². The maximum Gasteiger partial charge on any atom is 0.343 e. The van der Waals surface area contributed by atoms with Crippen LogP contribution in [0.25, 0.3) is 22.3 Å². The molecular weight excluding hydrogens is 412 g/mol. The Hall–Kier alpha value is -3.66. The normalized spacial score (nSPS) is 11.6. The van der Waals surface area contributed by atoms with Crippen LogP contribution in [0.5, 0.6) is 5.75 Å². The average Bonchev–Trinajstić information content (AvgIpc) is 2.76. The molecule has 0 unspecified atom stereocenters. The number of esters is 1. The lowest BCUT2D eigenvalue weighted by Crippen LogP contribution is -2.17. The predicted molar refractivity (Wildman–Crippen MR) is 132 cm³/mol. The SMILES string of the molecule is Cc1ccc(-c2oc3c(C)cc(C)cc3c(=O)c2OC(=O)c2ccc(C(C)(C)C)cc2)cc1. The summed E-state index contributed by atoms with van der Waals surface area (Å²) in [7, 11) is 0. The van der Waals surface area contributed by atoms with Gasteiger partial charge in [0.2, 0.25) is 11.2 Å². The Bertz CT molecular complexity index is 1400. The highest BCUT2D eigenvalue weighted by Gasteiger charge is 2.23. The summed E-state index contributed by atoms with van der Waals surface area (Å²) < 4.78 is 11.9. The number of rotatable bonds is 3. The summed E-state index contributed by atoms with van der Waals surface area (Å²) in [5.74, 6) is -0.444. The Morgan fingerprint density at radius 1 is 0.848 bits per heavy atom. The molecule has 0 bridgehead atoms. The molecule has 4 aromatic rings. The lowest BCUT2D eigenvalue weighted by molar-refractivity contribution is 0.0731. The highest BCUT2D eigenvalue weighted by atomic mass is 16.5. The first kappa shape index (κ1) is 22.5. The molecule has 33 heavy (non-hydrogen) atoms. The molecule has 4 heteroatoms. The van der Waals surface area contributed by atoms with E-state index < -0.39 is 5.97 Å². The average molecular weight is 441 g/mol. The summed E-state index contributed by atoms with van der Waals surface area (Å²) in [4.78, 5) is 26.5. The van der Waals surface area contributed by atoms with Crippen LogP contribution in [0.15, 0.2) is 69.9 Å². The number of carbonyl (C=O) groups is 1. The van der Waals surface area contributed by atoms with Crippen molar-refractivity contribution in [1.29, 1.82) is 0 Å². The first-order chi connectivity index (χ1) is 15.5. The van der Waals surface area contributed by atoms with E-state index in [0.29, 0.717) is 22.1 Å². The second kappa shape index (κ2) is 8.36. The van der Waals surface area contributed by atoms with Gasteiger partial charge in [-0.25, -0.2) is 4.79 Å². The molecule has 0 N–H and O–H groups in total. The summed E-state index contributed by atoms with van der Waals surface area (Å²) in [6, 6.07) is 18.6. The predicted octanol–water partition coefficient (Wildman–Crippen LogP) is 6.90. The smallest absolute Gasteiger partial charge is 0.343 e. The monoisotopic (exact) mass is 440 g/mol. The zero-order valence-electron chi connectivity index (χ0n) is 19.9. The van der Waals surface area contributed by atoms with E-state index in [0.717, 1.165) is 22.3 Å². The molecule has 0 spiro atoms. The van der Waals surface area contributed by atoms with E-state index in [9.17, 15) is 9.59 Å². The van der Waals surface area contributed by atoms with Crippen LogP contribution in [0, 0.1) is 20.8 Å². The molecular formula is C29H28O4. The lowest BCUT2D eigenvalue weighted by atomic mass is 9.87. The highest BCUT2D eigenvalue weighted by molar-refractivity contribution is 5.93. The fourth-order valence-corrected chi connectivity index (χ4v) is 3.88. The molecule has 0 radical (unpaired) electrons. The van der Waals surface area contributed by atoms with Gasteiger partial charge in [-0.3, -0.25) is 4.79 Å². The van der Waals surface area contributed by atoms with Gasteiger partial charge >= 0.3 is 5.97 Å². The first-order valence-electron chi connectivity index (χ1n) is 11.0. The van der Waals surface area contributed by atoms with E-state index in [1.807, 2.05) is 63.2 Å². The Balaban J connectivity index is 1.85.